The van der Waals surface area contributed by atoms with Crippen molar-refractivity contribution in [3.05, 3.63) is 5.82 Å². The highest BCUT2D eigenvalue weighted by Crippen LogP contribution is 2.28. The van der Waals surface area contributed by atoms with Crippen molar-refractivity contribution in [1.82, 2.24) is 19.7 Å². The van der Waals surface area contributed by atoms with Gasteiger partial charge in [0.25, 0.3) is 0 Å². The molecule has 7 nitrogen and oxygen atoms in total. The van der Waals surface area contributed by atoms with Gasteiger partial charge in [0.2, 0.25) is 5.16 Å². The molecule has 0 aliphatic carbocycles. The van der Waals surface area contributed by atoms with Crippen LogP contribution in [0, 0.1) is 0 Å². The van der Waals surface area contributed by atoms with Crippen molar-refractivity contribution in [2.75, 3.05) is 14.1 Å². The summed E-state index contributed by atoms with van der Waals surface area (Å²) in [5.41, 5.74) is -0.252. The van der Waals surface area contributed by atoms with Gasteiger partial charge in [-0.3, -0.25) is 4.79 Å². The molecule has 0 aromatic carbocycles. The maximum Gasteiger partial charge on any atom is 0.346 e. The third kappa shape index (κ3) is 4.45. The van der Waals surface area contributed by atoms with Crippen molar-refractivity contribution >= 4 is 24.0 Å². The van der Waals surface area contributed by atoms with E-state index < -0.39 is 5.97 Å². The molecule has 0 aliphatic rings. The fourth-order valence-electron chi connectivity index (χ4n) is 1.79. The molecule has 0 N–H and O–H groups in total. The molecule has 1 aromatic heterocycles. The first-order valence-electron chi connectivity index (χ1n) is 6.73. The number of nitrogens with zero attached hydrogens (tertiary/aromatic N) is 4. The predicted molar refractivity (Wildman–Crippen MR) is 80.1 cm³/mol. The number of hydrogen-bond donors (Lipinski definition) is 0. The first-order valence-corrected chi connectivity index (χ1v) is 7.47. The Morgan fingerprint density at radius 3 is 2.48 bits per heavy atom. The molecule has 1 rings (SSSR count). The Bertz CT molecular complexity index is 525. The molecular formula is C13H22N4O3S. The van der Waals surface area contributed by atoms with Crippen molar-refractivity contribution in [3.8, 4) is 0 Å². The monoisotopic (exact) mass is 314 g/mol. The molecule has 0 saturated heterocycles. The lowest BCUT2D eigenvalue weighted by Gasteiger charge is -2.19. The van der Waals surface area contributed by atoms with Crippen LogP contribution < -0.4 is 0 Å². The largest absolute Gasteiger partial charge is 0.383 e. The normalized spacial score (nSPS) is 11.3. The van der Waals surface area contributed by atoms with Crippen LogP contribution >= 0.6 is 12.0 Å². The van der Waals surface area contributed by atoms with Crippen LogP contribution in [0.3, 0.4) is 0 Å². The molecule has 0 radical (unpaired) electrons. The summed E-state index contributed by atoms with van der Waals surface area (Å²) < 4.78 is 6.04. The Hall–Kier alpha value is -1.57. The van der Waals surface area contributed by atoms with E-state index in [9.17, 15) is 9.59 Å². The second-order valence-electron chi connectivity index (χ2n) is 5.60. The van der Waals surface area contributed by atoms with E-state index in [2.05, 4.69) is 17.0 Å². The van der Waals surface area contributed by atoms with E-state index in [1.807, 2.05) is 13.8 Å². The number of carbonyl (C=O) groups excluding carboxylic acids is 2. The first kappa shape index (κ1) is 17.5. The van der Waals surface area contributed by atoms with Gasteiger partial charge in [-0.05, 0) is 6.42 Å². The Morgan fingerprint density at radius 2 is 2.00 bits per heavy atom. The Morgan fingerprint density at radius 1 is 1.38 bits per heavy atom. The summed E-state index contributed by atoms with van der Waals surface area (Å²) in [5.74, 6) is 0.107. The van der Waals surface area contributed by atoms with Crippen molar-refractivity contribution in [2.45, 2.75) is 51.1 Å². The quantitative estimate of drug-likeness (QED) is 0.777. The van der Waals surface area contributed by atoms with E-state index in [-0.39, 0.29) is 16.6 Å². The Kier molecular flexibility index (Phi) is 5.77. The van der Waals surface area contributed by atoms with Crippen LogP contribution in [0.1, 0.15) is 46.4 Å². The fraction of sp³-hybridized carbons (Fsp3) is 0.692. The predicted octanol–water partition coefficient (Wildman–Crippen LogP) is 2.46. The summed E-state index contributed by atoms with van der Waals surface area (Å²) in [5, 5.41) is 4.55. The van der Waals surface area contributed by atoms with Crippen LogP contribution in [-0.2, 0) is 14.4 Å². The standard InChI is InChI=1S/C13H22N4O3S/c1-7-8-13(3,4)10-14-11(21-20-9(2)18)17(15-10)12(19)16(5)6/h7-8H2,1-6H3. The van der Waals surface area contributed by atoms with E-state index in [1.54, 1.807) is 14.1 Å². The summed E-state index contributed by atoms with van der Waals surface area (Å²) in [7, 11) is 3.25. The van der Waals surface area contributed by atoms with E-state index in [0.29, 0.717) is 5.82 Å². The summed E-state index contributed by atoms with van der Waals surface area (Å²) in [4.78, 5) is 28.8. The fourth-order valence-corrected chi connectivity index (χ4v) is 2.29. The van der Waals surface area contributed by atoms with Crippen molar-refractivity contribution in [3.63, 3.8) is 0 Å². The van der Waals surface area contributed by atoms with Crippen LogP contribution in [0.2, 0.25) is 0 Å². The third-order valence-corrected chi connectivity index (χ3v) is 3.59. The summed E-state index contributed by atoms with van der Waals surface area (Å²) >= 11 is 0.748. The second kappa shape index (κ2) is 6.93. The molecule has 0 unspecified atom stereocenters. The van der Waals surface area contributed by atoms with Crippen molar-refractivity contribution in [1.29, 1.82) is 0 Å². The zero-order valence-electron chi connectivity index (χ0n) is 13.3. The van der Waals surface area contributed by atoms with Gasteiger partial charge in [0, 0.05) is 26.4 Å². The van der Waals surface area contributed by atoms with Crippen LogP contribution in [0.25, 0.3) is 0 Å². The van der Waals surface area contributed by atoms with Crippen molar-refractivity contribution in [2.24, 2.45) is 0 Å². The van der Waals surface area contributed by atoms with Gasteiger partial charge in [-0.1, -0.05) is 27.2 Å². The van der Waals surface area contributed by atoms with E-state index in [4.69, 9.17) is 4.18 Å². The molecule has 0 atom stereocenters. The van der Waals surface area contributed by atoms with Crippen LogP contribution in [-0.4, -0.2) is 45.8 Å². The molecule has 0 fully saturated rings. The van der Waals surface area contributed by atoms with Gasteiger partial charge < -0.3 is 9.08 Å². The average Bonchev–Trinajstić information content (AvgIpc) is 2.79. The molecule has 1 aromatic rings. The molecule has 0 bridgehead atoms. The molecule has 0 saturated carbocycles. The Labute approximate surface area is 129 Å². The molecule has 1 heterocycles. The minimum absolute atomic E-state index is 0.252. The molecular weight excluding hydrogens is 292 g/mol. The first-order chi connectivity index (χ1) is 9.69. The molecule has 21 heavy (non-hydrogen) atoms. The number of carbonyl (C=O) groups is 2. The van der Waals surface area contributed by atoms with Crippen LogP contribution in [0.4, 0.5) is 4.79 Å². The van der Waals surface area contributed by atoms with Gasteiger partial charge in [-0.25, -0.2) is 9.78 Å². The molecule has 1 amide bonds. The average molecular weight is 314 g/mol. The van der Waals surface area contributed by atoms with E-state index >= 15 is 0 Å². The highest BCUT2D eigenvalue weighted by Gasteiger charge is 2.29. The third-order valence-electron chi connectivity index (χ3n) is 2.86. The van der Waals surface area contributed by atoms with Gasteiger partial charge in [0.1, 0.15) is 12.0 Å². The van der Waals surface area contributed by atoms with Crippen molar-refractivity contribution < 1.29 is 13.8 Å². The number of rotatable bonds is 5. The maximum absolute atomic E-state index is 12.1. The number of aromatic nitrogens is 3. The van der Waals surface area contributed by atoms with Gasteiger partial charge in [0.05, 0.1) is 0 Å². The van der Waals surface area contributed by atoms with Crippen LogP contribution in [0.15, 0.2) is 5.16 Å². The zero-order chi connectivity index (χ0) is 16.2. The molecule has 0 spiro atoms. The highest BCUT2D eigenvalue weighted by molar-refractivity contribution is 7.94. The Balaban J connectivity index is 3.17. The lowest BCUT2D eigenvalue weighted by atomic mass is 9.87. The summed E-state index contributed by atoms with van der Waals surface area (Å²) in [6, 6.07) is -0.337. The zero-order valence-corrected chi connectivity index (χ0v) is 14.2. The highest BCUT2D eigenvalue weighted by atomic mass is 32.2. The van der Waals surface area contributed by atoms with Crippen LogP contribution in [0.5, 0.6) is 0 Å². The SMILES string of the molecule is CCCC(C)(C)c1nc(SOC(C)=O)n(C(=O)N(C)C)n1. The minimum Gasteiger partial charge on any atom is -0.383 e. The summed E-state index contributed by atoms with van der Waals surface area (Å²) in [6.45, 7) is 7.43. The smallest absolute Gasteiger partial charge is 0.346 e. The molecule has 118 valence electrons. The van der Waals surface area contributed by atoms with E-state index in [0.717, 1.165) is 24.9 Å². The second-order valence-corrected chi connectivity index (χ2v) is 6.30. The summed E-state index contributed by atoms with van der Waals surface area (Å²) in [6.07, 6.45) is 1.88. The van der Waals surface area contributed by atoms with Gasteiger partial charge in [-0.15, -0.1) is 5.10 Å². The number of hydrogen-bond acceptors (Lipinski definition) is 6. The van der Waals surface area contributed by atoms with E-state index in [1.165, 1.54) is 16.5 Å². The van der Waals surface area contributed by atoms with Gasteiger partial charge in [0.15, 0.2) is 5.82 Å². The number of amides is 1. The van der Waals surface area contributed by atoms with Gasteiger partial charge in [-0.2, -0.15) is 4.68 Å². The maximum atomic E-state index is 12.1. The minimum atomic E-state index is -0.457. The lowest BCUT2D eigenvalue weighted by molar-refractivity contribution is -0.130. The molecule has 8 heteroatoms. The van der Waals surface area contributed by atoms with Gasteiger partial charge >= 0.3 is 12.0 Å². The lowest BCUT2D eigenvalue weighted by Crippen LogP contribution is -2.29. The molecule has 0 aliphatic heterocycles. The topological polar surface area (TPSA) is 77.3 Å².